The fraction of sp³-hybridized carbons (Fsp3) is 0.455. The zero-order valence-corrected chi connectivity index (χ0v) is 17.0. The maximum atomic E-state index is 5.60. The highest BCUT2D eigenvalue weighted by Crippen LogP contribution is 2.14. The lowest BCUT2D eigenvalue weighted by Crippen LogP contribution is -2.52. The number of aliphatic imine (C=N–C) groups is 1. The molecule has 150 valence electrons. The van der Waals surface area contributed by atoms with Crippen molar-refractivity contribution < 1.29 is 4.74 Å². The second kappa shape index (κ2) is 10.7. The normalized spacial score (nSPS) is 15.0. The van der Waals surface area contributed by atoms with E-state index < -0.39 is 0 Å². The highest BCUT2D eigenvalue weighted by atomic mass is 16.5. The number of benzene rings is 1. The van der Waals surface area contributed by atoms with Gasteiger partial charge in [0.1, 0.15) is 5.82 Å². The second-order valence-electron chi connectivity index (χ2n) is 6.74. The van der Waals surface area contributed by atoms with Crippen LogP contribution in [0.4, 0.5) is 5.82 Å². The van der Waals surface area contributed by atoms with Gasteiger partial charge in [-0.05, 0) is 37.1 Å². The van der Waals surface area contributed by atoms with E-state index in [9.17, 15) is 0 Å². The van der Waals surface area contributed by atoms with Crippen molar-refractivity contribution in [3.05, 3.63) is 59.8 Å². The first-order chi connectivity index (χ1) is 13.8. The van der Waals surface area contributed by atoms with Gasteiger partial charge in [-0.1, -0.05) is 30.3 Å². The van der Waals surface area contributed by atoms with Gasteiger partial charge in [-0.2, -0.15) is 0 Å². The van der Waals surface area contributed by atoms with Gasteiger partial charge in [0, 0.05) is 45.5 Å². The molecule has 0 saturated carbocycles. The Morgan fingerprint density at radius 1 is 1.04 bits per heavy atom. The van der Waals surface area contributed by atoms with Gasteiger partial charge in [0.05, 0.1) is 13.2 Å². The molecule has 1 N–H and O–H groups in total. The Hall–Kier alpha value is -2.60. The Morgan fingerprint density at radius 2 is 1.79 bits per heavy atom. The molecule has 0 spiro atoms. The molecule has 1 saturated heterocycles. The number of nitrogens with one attached hydrogen (secondary N) is 1. The van der Waals surface area contributed by atoms with Crippen LogP contribution in [0.1, 0.15) is 25.0 Å². The fourth-order valence-corrected chi connectivity index (χ4v) is 3.34. The number of nitrogens with zero attached hydrogens (tertiary/aromatic N) is 4. The molecule has 1 aliphatic rings. The SMILES string of the molecule is CCNC(=NCc1ccccc1COCC)N1CCN(c2ccccn2)CC1. The molecule has 0 bridgehead atoms. The van der Waals surface area contributed by atoms with Crippen molar-refractivity contribution in [3.63, 3.8) is 0 Å². The van der Waals surface area contributed by atoms with E-state index in [1.54, 1.807) is 0 Å². The summed E-state index contributed by atoms with van der Waals surface area (Å²) in [5.41, 5.74) is 2.43. The fourth-order valence-electron chi connectivity index (χ4n) is 3.34. The molecule has 0 unspecified atom stereocenters. The van der Waals surface area contributed by atoms with Gasteiger partial charge in [0.15, 0.2) is 5.96 Å². The first kappa shape index (κ1) is 20.1. The predicted molar refractivity (Wildman–Crippen MR) is 115 cm³/mol. The third-order valence-corrected chi connectivity index (χ3v) is 4.87. The minimum absolute atomic E-state index is 0.640. The van der Waals surface area contributed by atoms with Crippen LogP contribution in [-0.2, 0) is 17.9 Å². The number of guanidine groups is 1. The van der Waals surface area contributed by atoms with Crippen molar-refractivity contribution in [2.45, 2.75) is 27.0 Å². The Morgan fingerprint density at radius 3 is 2.46 bits per heavy atom. The molecule has 0 radical (unpaired) electrons. The van der Waals surface area contributed by atoms with Crippen molar-refractivity contribution >= 4 is 11.8 Å². The van der Waals surface area contributed by atoms with Crippen LogP contribution in [0.15, 0.2) is 53.7 Å². The standard InChI is InChI=1S/C22H31N5O/c1-3-23-22(25-17-19-9-5-6-10-20(19)18-28-4-2)27-15-13-26(14-16-27)21-11-7-8-12-24-21/h5-12H,3-4,13-18H2,1-2H3,(H,23,25). The van der Waals surface area contributed by atoms with E-state index in [4.69, 9.17) is 9.73 Å². The monoisotopic (exact) mass is 381 g/mol. The summed E-state index contributed by atoms with van der Waals surface area (Å²) >= 11 is 0. The van der Waals surface area contributed by atoms with Crippen molar-refractivity contribution in [2.75, 3.05) is 44.2 Å². The molecule has 0 atom stereocenters. The highest BCUT2D eigenvalue weighted by Gasteiger charge is 2.20. The van der Waals surface area contributed by atoms with E-state index in [1.165, 1.54) is 11.1 Å². The van der Waals surface area contributed by atoms with Crippen LogP contribution in [0.5, 0.6) is 0 Å². The lowest BCUT2D eigenvalue weighted by Gasteiger charge is -2.37. The Labute approximate surface area is 168 Å². The largest absolute Gasteiger partial charge is 0.377 e. The average Bonchev–Trinajstić information content (AvgIpc) is 2.76. The minimum atomic E-state index is 0.640. The molecule has 1 aromatic carbocycles. The summed E-state index contributed by atoms with van der Waals surface area (Å²) in [6, 6.07) is 14.5. The van der Waals surface area contributed by atoms with Crippen molar-refractivity contribution in [1.82, 2.24) is 15.2 Å². The van der Waals surface area contributed by atoms with E-state index in [0.29, 0.717) is 13.2 Å². The van der Waals surface area contributed by atoms with E-state index in [-0.39, 0.29) is 0 Å². The smallest absolute Gasteiger partial charge is 0.194 e. The van der Waals surface area contributed by atoms with E-state index in [1.807, 2.05) is 25.3 Å². The maximum absolute atomic E-state index is 5.60. The number of aromatic nitrogens is 1. The number of hydrogen-bond acceptors (Lipinski definition) is 4. The van der Waals surface area contributed by atoms with Gasteiger partial charge < -0.3 is 19.9 Å². The molecular formula is C22H31N5O. The van der Waals surface area contributed by atoms with Crippen LogP contribution in [0, 0.1) is 0 Å². The van der Waals surface area contributed by atoms with Crippen LogP contribution < -0.4 is 10.2 Å². The molecule has 2 heterocycles. The third-order valence-electron chi connectivity index (χ3n) is 4.87. The van der Waals surface area contributed by atoms with Crippen molar-refractivity contribution in [3.8, 4) is 0 Å². The zero-order valence-electron chi connectivity index (χ0n) is 17.0. The lowest BCUT2D eigenvalue weighted by atomic mass is 10.1. The molecule has 6 heteroatoms. The summed E-state index contributed by atoms with van der Waals surface area (Å²) < 4.78 is 5.60. The topological polar surface area (TPSA) is 53.0 Å². The molecule has 1 fully saturated rings. The average molecular weight is 382 g/mol. The first-order valence-corrected chi connectivity index (χ1v) is 10.2. The Bertz CT molecular complexity index is 742. The summed E-state index contributed by atoms with van der Waals surface area (Å²) in [6.07, 6.45) is 1.85. The van der Waals surface area contributed by atoms with E-state index in [2.05, 4.69) is 57.4 Å². The number of hydrogen-bond donors (Lipinski definition) is 1. The molecule has 6 nitrogen and oxygen atoms in total. The van der Waals surface area contributed by atoms with Crippen LogP contribution in [0.25, 0.3) is 0 Å². The first-order valence-electron chi connectivity index (χ1n) is 10.2. The predicted octanol–water partition coefficient (Wildman–Crippen LogP) is 2.91. The quantitative estimate of drug-likeness (QED) is 0.590. The van der Waals surface area contributed by atoms with Gasteiger partial charge in [0.25, 0.3) is 0 Å². The third kappa shape index (κ3) is 5.45. The molecule has 3 rings (SSSR count). The molecule has 28 heavy (non-hydrogen) atoms. The molecule has 1 aromatic heterocycles. The maximum Gasteiger partial charge on any atom is 0.194 e. The van der Waals surface area contributed by atoms with Gasteiger partial charge in [-0.25, -0.2) is 9.98 Å². The van der Waals surface area contributed by atoms with E-state index in [0.717, 1.165) is 51.1 Å². The van der Waals surface area contributed by atoms with Crippen molar-refractivity contribution in [2.24, 2.45) is 4.99 Å². The number of pyridine rings is 1. The highest BCUT2D eigenvalue weighted by molar-refractivity contribution is 5.80. The number of ether oxygens (including phenoxy) is 1. The summed E-state index contributed by atoms with van der Waals surface area (Å²) in [5.74, 6) is 2.03. The number of rotatable bonds is 7. The Balaban J connectivity index is 1.64. The molecular weight excluding hydrogens is 350 g/mol. The van der Waals surface area contributed by atoms with Crippen LogP contribution in [-0.4, -0.2) is 55.2 Å². The Kier molecular flexibility index (Phi) is 7.67. The summed E-state index contributed by atoms with van der Waals surface area (Å²) in [5, 5.41) is 3.45. The molecule has 0 amide bonds. The van der Waals surface area contributed by atoms with Crippen LogP contribution in [0.2, 0.25) is 0 Å². The summed E-state index contributed by atoms with van der Waals surface area (Å²) in [4.78, 5) is 14.1. The minimum Gasteiger partial charge on any atom is -0.377 e. The summed E-state index contributed by atoms with van der Waals surface area (Å²) in [6.45, 7) is 10.8. The second-order valence-corrected chi connectivity index (χ2v) is 6.74. The van der Waals surface area contributed by atoms with Gasteiger partial charge in [-0.15, -0.1) is 0 Å². The van der Waals surface area contributed by atoms with Crippen LogP contribution >= 0.6 is 0 Å². The van der Waals surface area contributed by atoms with Gasteiger partial charge >= 0.3 is 0 Å². The van der Waals surface area contributed by atoms with Crippen LogP contribution in [0.3, 0.4) is 0 Å². The van der Waals surface area contributed by atoms with E-state index >= 15 is 0 Å². The van der Waals surface area contributed by atoms with Gasteiger partial charge in [-0.3, -0.25) is 0 Å². The molecule has 2 aromatic rings. The number of anilines is 1. The van der Waals surface area contributed by atoms with Gasteiger partial charge in [0.2, 0.25) is 0 Å². The molecule has 1 aliphatic heterocycles. The number of piperazine rings is 1. The lowest BCUT2D eigenvalue weighted by molar-refractivity contribution is 0.133. The summed E-state index contributed by atoms with van der Waals surface area (Å²) in [7, 11) is 0. The molecule has 0 aliphatic carbocycles. The van der Waals surface area contributed by atoms with Crippen molar-refractivity contribution in [1.29, 1.82) is 0 Å². The zero-order chi connectivity index (χ0) is 19.6.